The first-order chi connectivity index (χ1) is 9.76. The van der Waals surface area contributed by atoms with Crippen molar-refractivity contribution in [3.63, 3.8) is 0 Å². The third-order valence-corrected chi connectivity index (χ3v) is 2.99. The highest BCUT2D eigenvalue weighted by Crippen LogP contribution is 2.21. The van der Waals surface area contributed by atoms with Gasteiger partial charge in [0.2, 0.25) is 0 Å². The fourth-order valence-electron chi connectivity index (χ4n) is 2.00. The van der Waals surface area contributed by atoms with Gasteiger partial charge in [0.1, 0.15) is 0 Å². The van der Waals surface area contributed by atoms with E-state index >= 15 is 0 Å². The smallest absolute Gasteiger partial charge is 0.254 e. The minimum Gasteiger partial charge on any atom is -0.472 e. The number of aliphatic hydroxyl groups excluding tert-OH is 2. The van der Waals surface area contributed by atoms with Crippen LogP contribution in [0.5, 0.6) is 0 Å². The lowest BCUT2D eigenvalue weighted by Crippen LogP contribution is -2.35. The zero-order valence-corrected chi connectivity index (χ0v) is 11.0. The molecule has 0 spiro atoms. The number of carbonyl (C=O) groups excluding carboxylic acids is 1. The van der Waals surface area contributed by atoms with Crippen molar-refractivity contribution in [2.45, 2.75) is 0 Å². The van der Waals surface area contributed by atoms with Gasteiger partial charge in [-0.25, -0.2) is 0 Å². The molecule has 20 heavy (non-hydrogen) atoms. The van der Waals surface area contributed by atoms with Crippen LogP contribution >= 0.6 is 0 Å². The molecule has 2 N–H and O–H groups in total. The lowest BCUT2D eigenvalue weighted by molar-refractivity contribution is 0.0685. The Hall–Kier alpha value is -2.11. The van der Waals surface area contributed by atoms with Crippen LogP contribution in [0.2, 0.25) is 0 Å². The fourth-order valence-corrected chi connectivity index (χ4v) is 2.00. The van der Waals surface area contributed by atoms with Crippen molar-refractivity contribution in [3.8, 4) is 11.1 Å². The Kier molecular flexibility index (Phi) is 4.92. The molecule has 0 saturated carbocycles. The average Bonchev–Trinajstić information content (AvgIpc) is 3.01. The van der Waals surface area contributed by atoms with Crippen LogP contribution in [0.15, 0.2) is 47.3 Å². The van der Waals surface area contributed by atoms with Crippen LogP contribution in [0.1, 0.15) is 10.4 Å². The summed E-state index contributed by atoms with van der Waals surface area (Å²) in [5.74, 6) is -0.210. The Morgan fingerprint density at radius 1 is 1.10 bits per heavy atom. The molecule has 0 aliphatic carbocycles. The molecule has 1 heterocycles. The number of aliphatic hydroxyl groups is 2. The highest BCUT2D eigenvalue weighted by atomic mass is 16.3. The molecule has 2 aromatic rings. The summed E-state index contributed by atoms with van der Waals surface area (Å²) in [4.78, 5) is 13.8. The largest absolute Gasteiger partial charge is 0.472 e. The summed E-state index contributed by atoms with van der Waals surface area (Å²) in [5, 5.41) is 18.0. The van der Waals surface area contributed by atoms with E-state index < -0.39 is 0 Å². The van der Waals surface area contributed by atoms with Crippen molar-refractivity contribution in [3.05, 3.63) is 48.4 Å². The Bertz CT molecular complexity index is 545. The van der Waals surface area contributed by atoms with Gasteiger partial charge in [0.15, 0.2) is 0 Å². The SMILES string of the molecule is O=C(c1cccc(-c2ccoc2)c1)N(CCO)CCO. The van der Waals surface area contributed by atoms with Crippen LogP contribution in [-0.4, -0.2) is 47.3 Å². The van der Waals surface area contributed by atoms with Crippen LogP contribution in [-0.2, 0) is 0 Å². The molecule has 0 atom stereocenters. The van der Waals surface area contributed by atoms with Gasteiger partial charge in [-0.15, -0.1) is 0 Å². The zero-order chi connectivity index (χ0) is 14.4. The third-order valence-electron chi connectivity index (χ3n) is 2.99. The summed E-state index contributed by atoms with van der Waals surface area (Å²) in [6.45, 7) is 0.144. The highest BCUT2D eigenvalue weighted by Gasteiger charge is 2.15. The normalized spacial score (nSPS) is 10.5. The Morgan fingerprint density at radius 3 is 2.45 bits per heavy atom. The van der Waals surface area contributed by atoms with Gasteiger partial charge in [-0.3, -0.25) is 4.79 Å². The molecule has 0 aliphatic heterocycles. The first-order valence-corrected chi connectivity index (χ1v) is 6.40. The summed E-state index contributed by atoms with van der Waals surface area (Å²) < 4.78 is 5.03. The van der Waals surface area contributed by atoms with Gasteiger partial charge < -0.3 is 19.5 Å². The maximum Gasteiger partial charge on any atom is 0.254 e. The fraction of sp³-hybridized carbons (Fsp3) is 0.267. The minimum absolute atomic E-state index is 0.132. The van der Waals surface area contributed by atoms with E-state index in [9.17, 15) is 4.79 Å². The average molecular weight is 275 g/mol. The van der Waals surface area contributed by atoms with E-state index in [2.05, 4.69) is 0 Å². The molecule has 1 amide bonds. The number of hydrogen-bond acceptors (Lipinski definition) is 4. The van der Waals surface area contributed by atoms with E-state index in [1.807, 2.05) is 12.1 Å². The summed E-state index contributed by atoms with van der Waals surface area (Å²) in [5.41, 5.74) is 2.30. The molecule has 0 unspecified atom stereocenters. The third kappa shape index (κ3) is 3.26. The molecule has 106 valence electrons. The second-order valence-electron chi connectivity index (χ2n) is 4.33. The second kappa shape index (κ2) is 6.88. The van der Waals surface area contributed by atoms with Crippen molar-refractivity contribution in [1.29, 1.82) is 0 Å². The summed E-state index contributed by atoms with van der Waals surface area (Å²) in [6, 6.07) is 9.00. The van der Waals surface area contributed by atoms with Gasteiger partial charge in [0.25, 0.3) is 5.91 Å². The zero-order valence-electron chi connectivity index (χ0n) is 11.0. The van der Waals surface area contributed by atoms with Gasteiger partial charge in [-0.1, -0.05) is 12.1 Å². The minimum atomic E-state index is -0.210. The molecule has 0 fully saturated rings. The standard InChI is InChI=1S/C15H17NO4/c17-7-5-16(6-8-18)15(19)13-3-1-2-12(10-13)14-4-9-20-11-14/h1-4,9-11,17-18H,5-8H2. The van der Waals surface area contributed by atoms with Gasteiger partial charge in [-0.2, -0.15) is 0 Å². The van der Waals surface area contributed by atoms with Crippen molar-refractivity contribution in [2.75, 3.05) is 26.3 Å². The number of furan rings is 1. The number of hydrogen-bond donors (Lipinski definition) is 2. The van der Waals surface area contributed by atoms with Crippen LogP contribution < -0.4 is 0 Å². The van der Waals surface area contributed by atoms with Gasteiger partial charge in [0.05, 0.1) is 25.7 Å². The maximum atomic E-state index is 12.3. The first kappa shape index (κ1) is 14.3. The van der Waals surface area contributed by atoms with Gasteiger partial charge in [-0.05, 0) is 23.8 Å². The van der Waals surface area contributed by atoms with Crippen molar-refractivity contribution >= 4 is 5.91 Å². The van der Waals surface area contributed by atoms with E-state index in [-0.39, 0.29) is 32.2 Å². The Labute approximate surface area is 117 Å². The molecular formula is C15H17NO4. The lowest BCUT2D eigenvalue weighted by atomic mass is 10.1. The van der Waals surface area contributed by atoms with Crippen LogP contribution in [0, 0.1) is 0 Å². The second-order valence-corrected chi connectivity index (χ2v) is 4.33. The van der Waals surface area contributed by atoms with E-state index in [4.69, 9.17) is 14.6 Å². The molecule has 0 saturated heterocycles. The predicted octanol–water partition coefficient (Wildman–Crippen LogP) is 1.37. The Balaban J connectivity index is 2.23. The number of carbonyl (C=O) groups is 1. The monoisotopic (exact) mass is 275 g/mol. The topological polar surface area (TPSA) is 73.9 Å². The van der Waals surface area contributed by atoms with Crippen molar-refractivity contribution < 1.29 is 19.4 Å². The predicted molar refractivity (Wildman–Crippen MR) is 74.2 cm³/mol. The molecule has 1 aromatic heterocycles. The summed E-state index contributed by atoms with van der Waals surface area (Å²) in [7, 11) is 0. The number of rotatable bonds is 6. The quantitative estimate of drug-likeness (QED) is 0.835. The number of amides is 1. The van der Waals surface area contributed by atoms with Crippen molar-refractivity contribution in [1.82, 2.24) is 4.90 Å². The van der Waals surface area contributed by atoms with Crippen LogP contribution in [0.4, 0.5) is 0 Å². The van der Waals surface area contributed by atoms with Gasteiger partial charge >= 0.3 is 0 Å². The molecule has 1 aromatic carbocycles. The van der Waals surface area contributed by atoms with Crippen LogP contribution in [0.25, 0.3) is 11.1 Å². The Morgan fingerprint density at radius 2 is 1.85 bits per heavy atom. The van der Waals surface area contributed by atoms with E-state index in [1.165, 1.54) is 4.90 Å². The molecular weight excluding hydrogens is 258 g/mol. The molecule has 5 heteroatoms. The number of nitrogens with zero attached hydrogens (tertiary/aromatic N) is 1. The highest BCUT2D eigenvalue weighted by molar-refractivity contribution is 5.95. The molecule has 0 aliphatic rings. The lowest BCUT2D eigenvalue weighted by Gasteiger charge is -2.20. The van der Waals surface area contributed by atoms with Gasteiger partial charge in [0, 0.05) is 24.2 Å². The molecule has 0 bridgehead atoms. The summed E-state index contributed by atoms with van der Waals surface area (Å²) >= 11 is 0. The van der Waals surface area contributed by atoms with Crippen molar-refractivity contribution in [2.24, 2.45) is 0 Å². The van der Waals surface area contributed by atoms with E-state index in [1.54, 1.807) is 30.7 Å². The summed E-state index contributed by atoms with van der Waals surface area (Å²) in [6.07, 6.45) is 3.19. The molecule has 2 rings (SSSR count). The molecule has 5 nitrogen and oxygen atoms in total. The van der Waals surface area contributed by atoms with E-state index in [0.29, 0.717) is 5.56 Å². The van der Waals surface area contributed by atoms with E-state index in [0.717, 1.165) is 11.1 Å². The first-order valence-electron chi connectivity index (χ1n) is 6.40. The number of benzene rings is 1. The molecule has 0 radical (unpaired) electrons. The maximum absolute atomic E-state index is 12.3. The van der Waals surface area contributed by atoms with Crippen LogP contribution in [0.3, 0.4) is 0 Å².